The minimum Gasteiger partial charge on any atom is -0.0683 e. The molecule has 4 rings (SSSR count). The molecule has 0 atom stereocenters. The van der Waals surface area contributed by atoms with E-state index in [4.69, 9.17) is 0 Å². The van der Waals surface area contributed by atoms with Crippen molar-refractivity contribution in [1.82, 2.24) is 0 Å². The summed E-state index contributed by atoms with van der Waals surface area (Å²) in [7, 11) is 0. The first-order valence-electron chi connectivity index (χ1n) is 27.4. The van der Waals surface area contributed by atoms with Crippen LogP contribution in [-0.4, -0.2) is 0 Å². The molecule has 0 bridgehead atoms. The molecule has 4 aliphatic carbocycles. The minimum absolute atomic E-state index is 0.679. The summed E-state index contributed by atoms with van der Waals surface area (Å²) in [4.78, 5) is 0. The molecule has 0 radical (unpaired) electrons. The van der Waals surface area contributed by atoms with E-state index in [0.29, 0.717) is 10.8 Å². The smallest absolute Gasteiger partial charge is 0.0251 e. The lowest BCUT2D eigenvalue weighted by atomic mass is 9.56. The SMILES string of the molecule is CC.CC.CC.CC.CC.CC.CC.CC.CC(C)C1(C(C)C)CC1.CC(C)C1(C(C)C)CCC1.CC(C)C1(C(C)C)CCCC1.CC(C)C1(C(C)C)CCCCC1. The summed E-state index contributed by atoms with van der Waals surface area (Å²) < 4.78 is 0. The maximum Gasteiger partial charge on any atom is -0.0251 e. The summed E-state index contributed by atoms with van der Waals surface area (Å²) in [5, 5.41) is 0. The van der Waals surface area contributed by atoms with Gasteiger partial charge in [-0.15, -0.1) is 0 Å². The van der Waals surface area contributed by atoms with E-state index >= 15 is 0 Å². The van der Waals surface area contributed by atoms with Gasteiger partial charge < -0.3 is 0 Å². The Bertz CT molecular complexity index is 654. The topological polar surface area (TPSA) is 0 Å². The van der Waals surface area contributed by atoms with Gasteiger partial charge in [0.15, 0.2) is 0 Å². The third-order valence-electron chi connectivity index (χ3n) is 14.6. The first kappa shape index (κ1) is 75.4. The van der Waals surface area contributed by atoms with Crippen molar-refractivity contribution in [3.63, 3.8) is 0 Å². The van der Waals surface area contributed by atoms with Crippen molar-refractivity contribution in [2.75, 3.05) is 0 Å². The molecule has 0 heteroatoms. The van der Waals surface area contributed by atoms with Crippen LogP contribution in [0.1, 0.15) is 311 Å². The molecule has 0 N–H and O–H groups in total. The van der Waals surface area contributed by atoms with Gasteiger partial charge in [0.25, 0.3) is 0 Å². The Kier molecular flexibility index (Phi) is 60.4. The molecule has 0 spiro atoms. The Hall–Kier alpha value is 0. The van der Waals surface area contributed by atoms with Crippen LogP contribution in [0.2, 0.25) is 0 Å². The van der Waals surface area contributed by atoms with Gasteiger partial charge in [0.1, 0.15) is 0 Å². The number of hydrogen-bond donors (Lipinski definition) is 0. The predicted molar refractivity (Wildman–Crippen MR) is 284 cm³/mol. The molecule has 0 saturated heterocycles. The highest BCUT2D eigenvalue weighted by Gasteiger charge is 2.47. The average Bonchev–Trinajstić information content (AvgIpc) is 3.90. The van der Waals surface area contributed by atoms with Crippen LogP contribution in [0, 0.1) is 69.0 Å². The molecular formula is C58H132. The molecule has 0 heterocycles. The molecule has 0 aromatic rings. The van der Waals surface area contributed by atoms with Gasteiger partial charge in [-0.2, -0.15) is 0 Å². The lowest BCUT2D eigenvalue weighted by Crippen LogP contribution is -2.39. The quantitative estimate of drug-likeness (QED) is 0.229. The summed E-state index contributed by atoms with van der Waals surface area (Å²) in [6, 6.07) is 0. The molecule has 0 aliphatic heterocycles. The molecule has 0 aromatic heterocycles. The maximum atomic E-state index is 2.41. The van der Waals surface area contributed by atoms with Gasteiger partial charge in [0.05, 0.1) is 0 Å². The third-order valence-corrected chi connectivity index (χ3v) is 14.6. The van der Waals surface area contributed by atoms with Crippen molar-refractivity contribution >= 4 is 0 Å². The van der Waals surface area contributed by atoms with Gasteiger partial charge in [-0.1, -0.05) is 260 Å². The van der Waals surface area contributed by atoms with Gasteiger partial charge in [-0.05, 0) is 120 Å². The second-order valence-electron chi connectivity index (χ2n) is 18.3. The Morgan fingerprint density at radius 3 is 0.362 bits per heavy atom. The van der Waals surface area contributed by atoms with Crippen LogP contribution in [0.15, 0.2) is 0 Å². The van der Waals surface area contributed by atoms with E-state index in [1.165, 1.54) is 89.9 Å². The van der Waals surface area contributed by atoms with Gasteiger partial charge >= 0.3 is 0 Å². The van der Waals surface area contributed by atoms with E-state index in [-0.39, 0.29) is 0 Å². The standard InChI is InChI=1S/C12H24.C11H22.C10H20.C9H18.8C2H6/c1-10(2)12(11(3)4)8-6-5-7-9-12;1-9(2)11(10(3)4)7-5-6-8-11;1-8(2)10(9(3)4)6-5-7-10;1-7(2)9(5-6-9)8(3)4;8*1-2/h10-11H,5-9H2,1-4H3;9-10H,5-8H2,1-4H3;8-9H,5-7H2,1-4H3;7-8H,5-6H2,1-4H3;8*1-2H3. The van der Waals surface area contributed by atoms with Crippen molar-refractivity contribution in [2.24, 2.45) is 69.0 Å². The Labute approximate surface area is 379 Å². The second-order valence-corrected chi connectivity index (χ2v) is 18.3. The first-order valence-corrected chi connectivity index (χ1v) is 27.4. The van der Waals surface area contributed by atoms with Crippen molar-refractivity contribution in [2.45, 2.75) is 311 Å². The Morgan fingerprint density at radius 1 is 0.172 bits per heavy atom. The molecule has 4 saturated carbocycles. The van der Waals surface area contributed by atoms with E-state index in [9.17, 15) is 0 Å². The van der Waals surface area contributed by atoms with Crippen molar-refractivity contribution in [1.29, 1.82) is 0 Å². The molecule has 0 nitrogen and oxygen atoms in total. The molecule has 0 amide bonds. The van der Waals surface area contributed by atoms with E-state index in [0.717, 1.165) is 58.2 Å². The molecule has 0 unspecified atom stereocenters. The highest BCUT2D eigenvalue weighted by molar-refractivity contribution is 4.97. The van der Waals surface area contributed by atoms with E-state index in [1.54, 1.807) is 0 Å². The third kappa shape index (κ3) is 26.5. The number of hydrogen-bond acceptors (Lipinski definition) is 0. The highest BCUT2D eigenvalue weighted by Crippen LogP contribution is 2.57. The van der Waals surface area contributed by atoms with Crippen LogP contribution in [0.4, 0.5) is 0 Å². The zero-order chi connectivity index (χ0) is 48.5. The molecular weight excluding hydrogens is 697 g/mol. The van der Waals surface area contributed by atoms with Gasteiger partial charge in [-0.3, -0.25) is 0 Å². The first-order chi connectivity index (χ1) is 27.4. The van der Waals surface area contributed by atoms with E-state index in [1.807, 2.05) is 111 Å². The van der Waals surface area contributed by atoms with Crippen LogP contribution in [-0.2, 0) is 0 Å². The fraction of sp³-hybridized carbons (Fsp3) is 1.00. The fourth-order valence-corrected chi connectivity index (χ4v) is 10.3. The van der Waals surface area contributed by atoms with Crippen molar-refractivity contribution < 1.29 is 0 Å². The zero-order valence-corrected chi connectivity index (χ0v) is 48.5. The minimum atomic E-state index is 0.679. The summed E-state index contributed by atoms with van der Waals surface area (Å²) in [5.74, 6) is 7.09. The lowest BCUT2D eigenvalue weighted by molar-refractivity contribution is 0.0135. The van der Waals surface area contributed by atoms with Gasteiger partial charge in [0, 0.05) is 0 Å². The van der Waals surface area contributed by atoms with Crippen LogP contribution in [0.5, 0.6) is 0 Å². The molecule has 58 heavy (non-hydrogen) atoms. The molecule has 4 fully saturated rings. The number of rotatable bonds is 8. The summed E-state index contributed by atoms with van der Waals surface area (Å²) in [5.41, 5.74) is 2.85. The lowest BCUT2D eigenvalue weighted by Gasteiger charge is -2.49. The van der Waals surface area contributed by atoms with E-state index < -0.39 is 0 Å². The summed E-state index contributed by atoms with van der Waals surface area (Å²) in [6.07, 6.45) is 20.6. The Morgan fingerprint density at radius 2 is 0.293 bits per heavy atom. The Balaban J connectivity index is -0.0000000858. The van der Waals surface area contributed by atoms with Crippen LogP contribution in [0.3, 0.4) is 0 Å². The monoisotopic (exact) mass is 829 g/mol. The van der Waals surface area contributed by atoms with Gasteiger partial charge in [-0.25, -0.2) is 0 Å². The normalized spacial score (nSPS) is 17.8. The van der Waals surface area contributed by atoms with Crippen LogP contribution < -0.4 is 0 Å². The maximum absolute atomic E-state index is 2.41. The van der Waals surface area contributed by atoms with Crippen LogP contribution in [0.25, 0.3) is 0 Å². The summed E-state index contributed by atoms with van der Waals surface area (Å²) >= 11 is 0. The zero-order valence-electron chi connectivity index (χ0n) is 48.5. The van der Waals surface area contributed by atoms with Gasteiger partial charge in [0.2, 0.25) is 0 Å². The van der Waals surface area contributed by atoms with Crippen molar-refractivity contribution in [3.05, 3.63) is 0 Å². The van der Waals surface area contributed by atoms with E-state index in [2.05, 4.69) is 111 Å². The second kappa shape index (κ2) is 46.5. The molecule has 364 valence electrons. The molecule has 4 aliphatic rings. The predicted octanol–water partition coefficient (Wildman–Crippen LogP) is 22.9. The average molecular weight is 830 g/mol. The highest BCUT2D eigenvalue weighted by atomic mass is 14.5. The van der Waals surface area contributed by atoms with Crippen LogP contribution >= 0.6 is 0 Å². The largest absolute Gasteiger partial charge is 0.0683 e. The van der Waals surface area contributed by atoms with Crippen molar-refractivity contribution in [3.8, 4) is 0 Å². The molecule has 0 aromatic carbocycles. The fourth-order valence-electron chi connectivity index (χ4n) is 10.3. The summed E-state index contributed by atoms with van der Waals surface area (Å²) in [6.45, 7) is 70.1.